The van der Waals surface area contributed by atoms with E-state index in [0.29, 0.717) is 5.82 Å². The SMILES string of the molecule is Cc1cc(-c2ccccc2-c2ccc3c(c2)C2(c4ccccc4-c4cc(-c5nc(-c6ccccc6)cc(-c6cccc7ccccc67)n5)ccc42)c2ccccc2-3)ccn1. The lowest BCUT2D eigenvalue weighted by Gasteiger charge is -2.31. The molecule has 280 valence electrons. The maximum Gasteiger partial charge on any atom is 0.160 e. The van der Waals surface area contributed by atoms with E-state index < -0.39 is 5.41 Å². The van der Waals surface area contributed by atoms with E-state index in [9.17, 15) is 0 Å². The standard InChI is InChI=1S/C57H37N3/c1-36-32-40(30-31-58-36)44-20-8-7-19-43(44)39-26-28-47-45-21-9-11-24-50(45)57(53(47)34-39)51-25-12-10-22-46(51)49-33-41(27-29-52(49)57)56-59-54(38-15-3-2-4-16-38)35-55(60-56)48-23-13-17-37-14-5-6-18-42(37)48/h2-35H,1H3. The van der Waals surface area contributed by atoms with E-state index in [2.05, 4.69) is 206 Å². The summed E-state index contributed by atoms with van der Waals surface area (Å²) < 4.78 is 0. The van der Waals surface area contributed by atoms with E-state index in [0.717, 1.165) is 33.8 Å². The Morgan fingerprint density at radius 2 is 0.933 bits per heavy atom. The van der Waals surface area contributed by atoms with Crippen LogP contribution < -0.4 is 0 Å². The van der Waals surface area contributed by atoms with Gasteiger partial charge in [-0.15, -0.1) is 0 Å². The van der Waals surface area contributed by atoms with Crippen LogP contribution >= 0.6 is 0 Å². The number of nitrogens with zero attached hydrogens (tertiary/aromatic N) is 3. The van der Waals surface area contributed by atoms with Gasteiger partial charge in [0.15, 0.2) is 5.82 Å². The Morgan fingerprint density at radius 1 is 0.350 bits per heavy atom. The maximum absolute atomic E-state index is 5.36. The Hall–Kier alpha value is -7.75. The van der Waals surface area contributed by atoms with Crippen molar-refractivity contribution in [2.45, 2.75) is 12.3 Å². The molecular weight excluding hydrogens is 727 g/mol. The zero-order valence-corrected chi connectivity index (χ0v) is 33.0. The van der Waals surface area contributed by atoms with Gasteiger partial charge >= 0.3 is 0 Å². The number of hydrogen-bond acceptors (Lipinski definition) is 3. The zero-order valence-electron chi connectivity index (χ0n) is 33.0. The maximum atomic E-state index is 5.36. The Balaban J connectivity index is 1.08. The normalized spacial score (nSPS) is 14.5. The van der Waals surface area contributed by atoms with Crippen LogP contribution in [-0.4, -0.2) is 15.0 Å². The lowest BCUT2D eigenvalue weighted by atomic mass is 9.70. The lowest BCUT2D eigenvalue weighted by Crippen LogP contribution is -2.25. The molecule has 2 aromatic heterocycles. The summed E-state index contributed by atoms with van der Waals surface area (Å²) in [5.74, 6) is 0.706. The van der Waals surface area contributed by atoms with Crippen molar-refractivity contribution in [1.29, 1.82) is 0 Å². The Morgan fingerprint density at radius 3 is 1.72 bits per heavy atom. The van der Waals surface area contributed by atoms with Crippen molar-refractivity contribution >= 4 is 10.8 Å². The van der Waals surface area contributed by atoms with Crippen LogP contribution in [0.5, 0.6) is 0 Å². The number of aryl methyl sites for hydroxylation is 1. The summed E-state index contributed by atoms with van der Waals surface area (Å²) in [7, 11) is 0. The molecule has 2 aliphatic rings. The van der Waals surface area contributed by atoms with Gasteiger partial charge in [-0.1, -0.05) is 170 Å². The summed E-state index contributed by atoms with van der Waals surface area (Å²) in [5, 5.41) is 2.36. The first-order chi connectivity index (χ1) is 29.6. The van der Waals surface area contributed by atoms with Gasteiger partial charge in [-0.3, -0.25) is 4.98 Å². The molecule has 3 nitrogen and oxygen atoms in total. The van der Waals surface area contributed by atoms with Crippen LogP contribution in [0.15, 0.2) is 206 Å². The molecule has 0 aliphatic heterocycles. The topological polar surface area (TPSA) is 38.7 Å². The van der Waals surface area contributed by atoms with E-state index in [1.54, 1.807) is 0 Å². The van der Waals surface area contributed by atoms with Crippen LogP contribution in [0.25, 0.3) is 89.2 Å². The number of pyridine rings is 1. The smallest absolute Gasteiger partial charge is 0.160 e. The number of fused-ring (bicyclic) bond motifs is 11. The van der Waals surface area contributed by atoms with Gasteiger partial charge in [0.25, 0.3) is 0 Å². The van der Waals surface area contributed by atoms with Gasteiger partial charge in [-0.25, -0.2) is 9.97 Å². The first kappa shape index (κ1) is 34.3. The van der Waals surface area contributed by atoms with Crippen molar-refractivity contribution in [2.75, 3.05) is 0 Å². The first-order valence-electron chi connectivity index (χ1n) is 20.6. The Labute approximate surface area is 349 Å². The third-order valence-electron chi connectivity index (χ3n) is 12.7. The van der Waals surface area contributed by atoms with Gasteiger partial charge in [0, 0.05) is 28.6 Å². The van der Waals surface area contributed by atoms with Crippen LogP contribution in [-0.2, 0) is 5.41 Å². The van der Waals surface area contributed by atoms with Crippen molar-refractivity contribution < 1.29 is 0 Å². The van der Waals surface area contributed by atoms with Gasteiger partial charge in [0.1, 0.15) is 0 Å². The number of benzene rings is 8. The predicted molar refractivity (Wildman–Crippen MR) is 246 cm³/mol. The summed E-state index contributed by atoms with van der Waals surface area (Å²) in [4.78, 5) is 15.1. The van der Waals surface area contributed by atoms with Crippen LogP contribution in [0.1, 0.15) is 27.9 Å². The van der Waals surface area contributed by atoms with Crippen LogP contribution in [0, 0.1) is 6.92 Å². The minimum Gasteiger partial charge on any atom is -0.262 e. The fourth-order valence-corrected chi connectivity index (χ4v) is 10.1. The zero-order chi connectivity index (χ0) is 39.8. The number of rotatable bonds is 5. The van der Waals surface area contributed by atoms with Gasteiger partial charge in [0.2, 0.25) is 0 Å². The fraction of sp³-hybridized carbons (Fsp3) is 0.0351. The molecule has 12 rings (SSSR count). The van der Waals surface area contributed by atoms with E-state index in [1.165, 1.54) is 77.5 Å². The molecule has 0 saturated carbocycles. The molecule has 0 fully saturated rings. The molecule has 0 amide bonds. The molecule has 10 aromatic rings. The molecule has 0 radical (unpaired) electrons. The van der Waals surface area contributed by atoms with Gasteiger partial charge in [-0.2, -0.15) is 0 Å². The van der Waals surface area contributed by atoms with E-state index >= 15 is 0 Å². The van der Waals surface area contributed by atoms with Gasteiger partial charge in [0.05, 0.1) is 16.8 Å². The fourth-order valence-electron chi connectivity index (χ4n) is 10.1. The highest BCUT2D eigenvalue weighted by Crippen LogP contribution is 2.63. The second-order valence-corrected chi connectivity index (χ2v) is 15.9. The highest BCUT2D eigenvalue weighted by atomic mass is 14.9. The van der Waals surface area contributed by atoms with Crippen molar-refractivity contribution in [3.63, 3.8) is 0 Å². The molecule has 60 heavy (non-hydrogen) atoms. The molecule has 8 aromatic carbocycles. The second-order valence-electron chi connectivity index (χ2n) is 15.9. The molecule has 1 unspecified atom stereocenters. The summed E-state index contributed by atoms with van der Waals surface area (Å²) >= 11 is 0. The number of hydrogen-bond donors (Lipinski definition) is 0. The highest BCUT2D eigenvalue weighted by Gasteiger charge is 2.51. The first-order valence-corrected chi connectivity index (χ1v) is 20.6. The molecule has 1 spiro atoms. The van der Waals surface area contributed by atoms with Crippen molar-refractivity contribution in [1.82, 2.24) is 15.0 Å². The molecule has 2 aliphatic carbocycles. The average molecular weight is 764 g/mol. The summed E-state index contributed by atoms with van der Waals surface area (Å²) in [6.07, 6.45) is 1.91. The monoisotopic (exact) mass is 763 g/mol. The molecule has 0 bridgehead atoms. The molecular formula is C57H37N3. The third-order valence-corrected chi connectivity index (χ3v) is 12.7. The van der Waals surface area contributed by atoms with E-state index in [1.807, 2.05) is 12.3 Å². The van der Waals surface area contributed by atoms with Crippen LogP contribution in [0.3, 0.4) is 0 Å². The predicted octanol–water partition coefficient (Wildman–Crippen LogP) is 14.0. The molecule has 2 heterocycles. The van der Waals surface area contributed by atoms with E-state index in [-0.39, 0.29) is 0 Å². The van der Waals surface area contributed by atoms with E-state index in [4.69, 9.17) is 9.97 Å². The average Bonchev–Trinajstić information content (AvgIpc) is 3.78. The highest BCUT2D eigenvalue weighted by molar-refractivity contribution is 5.99. The van der Waals surface area contributed by atoms with Gasteiger partial charge < -0.3 is 0 Å². The molecule has 0 N–H and O–H groups in total. The molecule has 3 heteroatoms. The van der Waals surface area contributed by atoms with Crippen LogP contribution in [0.4, 0.5) is 0 Å². The lowest BCUT2D eigenvalue weighted by molar-refractivity contribution is 0.794. The molecule has 1 atom stereocenters. The van der Waals surface area contributed by atoms with Crippen molar-refractivity contribution in [3.05, 3.63) is 234 Å². The Kier molecular flexibility index (Phi) is 7.66. The Bertz CT molecular complexity index is 3340. The second kappa shape index (κ2) is 13.4. The minimum absolute atomic E-state index is 0.505. The number of aromatic nitrogens is 3. The van der Waals surface area contributed by atoms with Crippen molar-refractivity contribution in [2.24, 2.45) is 0 Å². The van der Waals surface area contributed by atoms with Gasteiger partial charge in [-0.05, 0) is 115 Å². The summed E-state index contributed by atoms with van der Waals surface area (Å²) in [6, 6.07) is 72.7. The minimum atomic E-state index is -0.505. The van der Waals surface area contributed by atoms with Crippen molar-refractivity contribution in [3.8, 4) is 78.4 Å². The third kappa shape index (κ3) is 5.12. The largest absolute Gasteiger partial charge is 0.262 e. The summed E-state index contributed by atoms with van der Waals surface area (Å²) in [6.45, 7) is 2.05. The quantitative estimate of drug-likeness (QED) is 0.175. The van der Waals surface area contributed by atoms with Crippen LogP contribution in [0.2, 0.25) is 0 Å². The molecule has 0 saturated heterocycles. The summed E-state index contributed by atoms with van der Waals surface area (Å²) in [5.41, 5.74) is 20.4.